The molecule has 0 aliphatic heterocycles. The second-order valence-electron chi connectivity index (χ2n) is 3.89. The van der Waals surface area contributed by atoms with E-state index in [2.05, 4.69) is 4.74 Å². The average molecular weight is 258 g/mol. The molecule has 0 radical (unpaired) electrons. The summed E-state index contributed by atoms with van der Waals surface area (Å²) in [5, 5.41) is 0. The molecule has 0 saturated carbocycles. The Kier molecular flexibility index (Phi) is 5.41. The largest absolute Gasteiger partial charge is 0.522 e. The third-order valence-electron chi connectivity index (χ3n) is 2.74. The summed E-state index contributed by atoms with van der Waals surface area (Å²) in [7, 11) is 0. The predicted molar refractivity (Wildman–Crippen MR) is 66.0 cm³/mol. The van der Waals surface area contributed by atoms with E-state index in [4.69, 9.17) is 0 Å². The highest BCUT2D eigenvalue weighted by Gasteiger charge is 2.29. The lowest BCUT2D eigenvalue weighted by atomic mass is 9.96. The maximum Gasteiger partial charge on any atom is 0.522 e. The van der Waals surface area contributed by atoms with E-state index < -0.39 is 13.0 Å². The lowest BCUT2D eigenvalue weighted by Crippen LogP contribution is -2.15. The molecule has 0 heterocycles. The molecule has 0 bridgehead atoms. The summed E-state index contributed by atoms with van der Waals surface area (Å²) in [4.78, 5) is 0. The standard InChI is InChI=1S/C14H17F3O/c1-3-11(10-18-14(15,16)17)13(4-2)12-8-6-5-7-9-12/h5-9H,3-4,10H2,1-2H3/b13-11+. The fourth-order valence-electron chi connectivity index (χ4n) is 1.87. The van der Waals surface area contributed by atoms with Gasteiger partial charge in [0.2, 0.25) is 0 Å². The molecule has 0 aliphatic carbocycles. The molecular weight excluding hydrogens is 241 g/mol. The van der Waals surface area contributed by atoms with E-state index in [-0.39, 0.29) is 0 Å². The first kappa shape index (κ1) is 14.8. The summed E-state index contributed by atoms with van der Waals surface area (Å²) in [6.07, 6.45) is -3.33. The van der Waals surface area contributed by atoms with Crippen molar-refractivity contribution in [1.82, 2.24) is 0 Å². The molecular formula is C14H17F3O. The number of benzene rings is 1. The van der Waals surface area contributed by atoms with Crippen molar-refractivity contribution in [3.63, 3.8) is 0 Å². The Hall–Kier alpha value is -1.29. The van der Waals surface area contributed by atoms with Crippen LogP contribution >= 0.6 is 0 Å². The summed E-state index contributed by atoms with van der Waals surface area (Å²) in [5.74, 6) is 0. The first-order chi connectivity index (χ1) is 8.48. The van der Waals surface area contributed by atoms with Crippen LogP contribution in [0.4, 0.5) is 13.2 Å². The fourth-order valence-corrected chi connectivity index (χ4v) is 1.87. The van der Waals surface area contributed by atoms with Gasteiger partial charge in [0, 0.05) is 0 Å². The van der Waals surface area contributed by atoms with Crippen LogP contribution in [0.25, 0.3) is 5.57 Å². The Balaban J connectivity index is 2.95. The fraction of sp³-hybridized carbons (Fsp3) is 0.429. The molecule has 0 aliphatic rings. The molecule has 0 N–H and O–H groups in total. The van der Waals surface area contributed by atoms with Crippen LogP contribution in [0.5, 0.6) is 0 Å². The maximum atomic E-state index is 12.1. The molecule has 1 aromatic carbocycles. The van der Waals surface area contributed by atoms with E-state index in [0.717, 1.165) is 11.1 Å². The van der Waals surface area contributed by atoms with Gasteiger partial charge < -0.3 is 0 Å². The predicted octanol–water partition coefficient (Wildman–Crippen LogP) is 4.80. The van der Waals surface area contributed by atoms with Gasteiger partial charge in [-0.25, -0.2) is 0 Å². The van der Waals surface area contributed by atoms with E-state index in [0.29, 0.717) is 18.4 Å². The smallest absolute Gasteiger partial charge is 0.287 e. The zero-order valence-corrected chi connectivity index (χ0v) is 10.6. The van der Waals surface area contributed by atoms with Crippen LogP contribution in [-0.4, -0.2) is 13.0 Å². The normalized spacial score (nSPS) is 13.4. The van der Waals surface area contributed by atoms with E-state index >= 15 is 0 Å². The molecule has 1 rings (SSSR count). The molecule has 1 aromatic rings. The first-order valence-electron chi connectivity index (χ1n) is 5.95. The number of halogens is 3. The SMILES string of the molecule is CC/C(COC(F)(F)F)=C(/CC)c1ccccc1. The molecule has 0 amide bonds. The number of ether oxygens (including phenoxy) is 1. The van der Waals surface area contributed by atoms with Gasteiger partial charge in [-0.3, -0.25) is 4.74 Å². The Bertz CT molecular complexity index is 393. The Morgan fingerprint density at radius 3 is 2.11 bits per heavy atom. The second-order valence-corrected chi connectivity index (χ2v) is 3.89. The third kappa shape index (κ3) is 4.53. The van der Waals surface area contributed by atoms with E-state index in [1.165, 1.54) is 0 Å². The number of rotatable bonds is 5. The van der Waals surface area contributed by atoms with Crippen molar-refractivity contribution in [1.29, 1.82) is 0 Å². The van der Waals surface area contributed by atoms with E-state index in [1.54, 1.807) is 0 Å². The lowest BCUT2D eigenvalue weighted by molar-refractivity contribution is -0.320. The zero-order valence-electron chi connectivity index (χ0n) is 10.6. The van der Waals surface area contributed by atoms with Gasteiger partial charge in [0.05, 0.1) is 6.61 Å². The van der Waals surface area contributed by atoms with Crippen LogP contribution in [0, 0.1) is 0 Å². The quantitative estimate of drug-likeness (QED) is 0.737. The van der Waals surface area contributed by atoms with Crippen molar-refractivity contribution in [2.45, 2.75) is 33.1 Å². The van der Waals surface area contributed by atoms with Crippen LogP contribution in [0.15, 0.2) is 35.9 Å². The van der Waals surface area contributed by atoms with Crippen LogP contribution in [0.2, 0.25) is 0 Å². The van der Waals surface area contributed by atoms with Gasteiger partial charge in [-0.2, -0.15) is 0 Å². The minimum atomic E-state index is -4.57. The summed E-state index contributed by atoms with van der Waals surface area (Å²) in [6, 6.07) is 9.45. The summed E-state index contributed by atoms with van der Waals surface area (Å²) in [6.45, 7) is 3.39. The number of hydrogen-bond donors (Lipinski definition) is 0. The maximum absolute atomic E-state index is 12.1. The molecule has 0 fully saturated rings. The molecule has 4 heteroatoms. The molecule has 0 spiro atoms. The van der Waals surface area contributed by atoms with Crippen molar-refractivity contribution in [3.8, 4) is 0 Å². The van der Waals surface area contributed by atoms with Crippen molar-refractivity contribution >= 4 is 5.57 Å². The molecule has 0 atom stereocenters. The Labute approximate surface area is 105 Å². The average Bonchev–Trinajstić information content (AvgIpc) is 2.34. The van der Waals surface area contributed by atoms with Crippen LogP contribution in [-0.2, 0) is 4.74 Å². The van der Waals surface area contributed by atoms with Gasteiger partial charge in [-0.15, -0.1) is 13.2 Å². The van der Waals surface area contributed by atoms with Crippen molar-refractivity contribution < 1.29 is 17.9 Å². The zero-order chi connectivity index (χ0) is 13.6. The molecule has 1 nitrogen and oxygen atoms in total. The van der Waals surface area contributed by atoms with Gasteiger partial charge in [0.15, 0.2) is 0 Å². The van der Waals surface area contributed by atoms with Crippen molar-refractivity contribution in [3.05, 3.63) is 41.5 Å². The van der Waals surface area contributed by atoms with Gasteiger partial charge >= 0.3 is 6.36 Å². The van der Waals surface area contributed by atoms with Crippen molar-refractivity contribution in [2.24, 2.45) is 0 Å². The first-order valence-corrected chi connectivity index (χ1v) is 5.95. The van der Waals surface area contributed by atoms with Gasteiger partial charge in [0.25, 0.3) is 0 Å². The highest BCUT2D eigenvalue weighted by molar-refractivity contribution is 5.68. The van der Waals surface area contributed by atoms with E-state index in [9.17, 15) is 13.2 Å². The second kappa shape index (κ2) is 6.59. The number of hydrogen-bond acceptors (Lipinski definition) is 1. The highest BCUT2D eigenvalue weighted by atomic mass is 19.4. The van der Waals surface area contributed by atoms with Crippen molar-refractivity contribution in [2.75, 3.05) is 6.61 Å². The minimum absolute atomic E-state index is 0.391. The van der Waals surface area contributed by atoms with Gasteiger partial charge in [-0.05, 0) is 29.6 Å². The molecule has 0 saturated heterocycles. The Morgan fingerprint density at radius 2 is 1.67 bits per heavy atom. The van der Waals surface area contributed by atoms with E-state index in [1.807, 2.05) is 44.2 Å². The monoisotopic (exact) mass is 258 g/mol. The third-order valence-corrected chi connectivity index (χ3v) is 2.74. The minimum Gasteiger partial charge on any atom is -0.287 e. The van der Waals surface area contributed by atoms with Gasteiger partial charge in [-0.1, -0.05) is 44.2 Å². The molecule has 0 aromatic heterocycles. The molecule has 0 unspecified atom stereocenters. The topological polar surface area (TPSA) is 9.23 Å². The highest BCUT2D eigenvalue weighted by Crippen LogP contribution is 2.26. The van der Waals surface area contributed by atoms with Crippen LogP contribution < -0.4 is 0 Å². The van der Waals surface area contributed by atoms with Crippen LogP contribution in [0.1, 0.15) is 32.3 Å². The summed E-state index contributed by atoms with van der Waals surface area (Å²) >= 11 is 0. The summed E-state index contributed by atoms with van der Waals surface area (Å²) in [5.41, 5.74) is 2.59. The number of allylic oxidation sites excluding steroid dienone is 1. The van der Waals surface area contributed by atoms with Gasteiger partial charge in [0.1, 0.15) is 0 Å². The lowest BCUT2D eigenvalue weighted by Gasteiger charge is -2.15. The molecule has 100 valence electrons. The summed E-state index contributed by atoms with van der Waals surface area (Å²) < 4.78 is 40.2. The number of alkyl halides is 3. The molecule has 18 heavy (non-hydrogen) atoms. The van der Waals surface area contributed by atoms with Crippen LogP contribution in [0.3, 0.4) is 0 Å². The Morgan fingerprint density at radius 1 is 1.06 bits per heavy atom.